The minimum atomic E-state index is 0.247. The third-order valence-electron chi connectivity index (χ3n) is 3.29. The van der Waals surface area contributed by atoms with Gasteiger partial charge in [0.1, 0.15) is 0 Å². The van der Waals surface area contributed by atoms with E-state index >= 15 is 0 Å². The summed E-state index contributed by atoms with van der Waals surface area (Å²) < 4.78 is 5.36. The van der Waals surface area contributed by atoms with Crippen LogP contribution in [-0.4, -0.2) is 37.7 Å². The number of rotatable bonds is 3. The Labute approximate surface area is 107 Å². The Morgan fingerprint density at radius 2 is 2.12 bits per heavy atom. The van der Waals surface area contributed by atoms with Crippen LogP contribution in [0.15, 0.2) is 18.2 Å². The van der Waals surface area contributed by atoms with E-state index in [-0.39, 0.29) is 6.04 Å². The minimum absolute atomic E-state index is 0.247. The smallest absolute Gasteiger partial charge is 0.0594 e. The van der Waals surface area contributed by atoms with Crippen LogP contribution >= 0.6 is 11.6 Å². The Morgan fingerprint density at radius 1 is 1.41 bits per heavy atom. The van der Waals surface area contributed by atoms with Crippen LogP contribution in [-0.2, 0) is 4.74 Å². The van der Waals surface area contributed by atoms with E-state index in [4.69, 9.17) is 22.1 Å². The van der Waals surface area contributed by atoms with Gasteiger partial charge in [0.05, 0.1) is 13.2 Å². The van der Waals surface area contributed by atoms with E-state index in [0.717, 1.165) is 36.9 Å². The summed E-state index contributed by atoms with van der Waals surface area (Å²) in [7, 11) is 0. The second-order valence-corrected chi connectivity index (χ2v) is 4.82. The van der Waals surface area contributed by atoms with Crippen molar-refractivity contribution >= 4 is 11.6 Å². The van der Waals surface area contributed by atoms with Crippen molar-refractivity contribution in [3.05, 3.63) is 34.3 Å². The highest BCUT2D eigenvalue weighted by molar-refractivity contribution is 6.31. The van der Waals surface area contributed by atoms with Crippen molar-refractivity contribution in [3.8, 4) is 0 Å². The summed E-state index contributed by atoms with van der Waals surface area (Å²) in [5.41, 5.74) is 8.20. The quantitative estimate of drug-likeness (QED) is 0.897. The maximum atomic E-state index is 6.17. The van der Waals surface area contributed by atoms with Gasteiger partial charge in [-0.3, -0.25) is 4.90 Å². The fraction of sp³-hybridized carbons (Fsp3) is 0.538. The van der Waals surface area contributed by atoms with Crippen LogP contribution in [0.3, 0.4) is 0 Å². The Bertz CT molecular complexity index is 378. The molecule has 2 N–H and O–H groups in total. The van der Waals surface area contributed by atoms with Gasteiger partial charge in [0.25, 0.3) is 0 Å². The molecule has 94 valence electrons. The van der Waals surface area contributed by atoms with E-state index < -0.39 is 0 Å². The molecule has 0 aromatic heterocycles. The minimum Gasteiger partial charge on any atom is -0.379 e. The van der Waals surface area contributed by atoms with Crippen molar-refractivity contribution < 1.29 is 4.74 Å². The van der Waals surface area contributed by atoms with Crippen molar-refractivity contribution in [2.24, 2.45) is 5.73 Å². The number of ether oxygens (including phenoxy) is 1. The summed E-state index contributed by atoms with van der Waals surface area (Å²) in [5, 5.41) is 0.814. The number of halogens is 1. The molecular formula is C13H19ClN2O. The molecule has 2 rings (SSSR count). The van der Waals surface area contributed by atoms with Gasteiger partial charge in [-0.1, -0.05) is 23.7 Å². The molecular weight excluding hydrogens is 236 g/mol. The lowest BCUT2D eigenvalue weighted by Gasteiger charge is -2.34. The summed E-state index contributed by atoms with van der Waals surface area (Å²) >= 11 is 6.17. The van der Waals surface area contributed by atoms with Gasteiger partial charge in [-0.05, 0) is 24.1 Å². The number of hydrogen-bond acceptors (Lipinski definition) is 3. The van der Waals surface area contributed by atoms with Crippen LogP contribution in [0, 0.1) is 6.92 Å². The predicted molar refractivity (Wildman–Crippen MR) is 70.4 cm³/mol. The molecule has 1 unspecified atom stereocenters. The summed E-state index contributed by atoms with van der Waals surface area (Å²) in [6, 6.07) is 6.45. The highest BCUT2D eigenvalue weighted by atomic mass is 35.5. The van der Waals surface area contributed by atoms with E-state index in [0.29, 0.717) is 6.54 Å². The van der Waals surface area contributed by atoms with Crippen LogP contribution in [0.1, 0.15) is 17.2 Å². The second kappa shape index (κ2) is 5.83. The molecule has 0 radical (unpaired) electrons. The zero-order valence-electron chi connectivity index (χ0n) is 10.2. The molecule has 1 fully saturated rings. The van der Waals surface area contributed by atoms with Gasteiger partial charge in [-0.25, -0.2) is 0 Å². The second-order valence-electron chi connectivity index (χ2n) is 4.41. The van der Waals surface area contributed by atoms with E-state index in [1.807, 2.05) is 13.0 Å². The molecule has 17 heavy (non-hydrogen) atoms. The predicted octanol–water partition coefficient (Wildman–Crippen LogP) is 1.98. The van der Waals surface area contributed by atoms with E-state index in [1.165, 1.54) is 5.56 Å². The third-order valence-corrected chi connectivity index (χ3v) is 3.70. The van der Waals surface area contributed by atoms with Crippen LogP contribution in [0.2, 0.25) is 5.02 Å². The first-order valence-corrected chi connectivity index (χ1v) is 6.38. The fourth-order valence-electron chi connectivity index (χ4n) is 2.20. The maximum Gasteiger partial charge on any atom is 0.0594 e. The van der Waals surface area contributed by atoms with Crippen LogP contribution in [0.5, 0.6) is 0 Å². The topological polar surface area (TPSA) is 38.5 Å². The van der Waals surface area contributed by atoms with Crippen LogP contribution in [0.25, 0.3) is 0 Å². The first-order valence-electron chi connectivity index (χ1n) is 6.00. The molecule has 1 atom stereocenters. The number of nitrogens with two attached hydrogens (primary N) is 1. The molecule has 1 heterocycles. The number of morpholine rings is 1. The fourth-order valence-corrected chi connectivity index (χ4v) is 2.39. The third kappa shape index (κ3) is 2.99. The van der Waals surface area contributed by atoms with Gasteiger partial charge in [-0.15, -0.1) is 0 Å². The van der Waals surface area contributed by atoms with Crippen molar-refractivity contribution in [1.82, 2.24) is 4.90 Å². The average Bonchev–Trinajstić information content (AvgIpc) is 2.36. The first-order chi connectivity index (χ1) is 8.22. The van der Waals surface area contributed by atoms with Gasteiger partial charge in [0.2, 0.25) is 0 Å². The zero-order valence-corrected chi connectivity index (χ0v) is 10.9. The molecule has 1 aliphatic heterocycles. The molecule has 4 heteroatoms. The lowest BCUT2D eigenvalue weighted by molar-refractivity contribution is 0.0179. The van der Waals surface area contributed by atoms with Gasteiger partial charge in [0.15, 0.2) is 0 Å². The Balaban J connectivity index is 2.18. The molecule has 0 spiro atoms. The summed E-state index contributed by atoms with van der Waals surface area (Å²) in [5.74, 6) is 0. The molecule has 0 saturated carbocycles. The van der Waals surface area contributed by atoms with E-state index in [1.54, 1.807) is 0 Å². The average molecular weight is 255 g/mol. The Kier molecular flexibility index (Phi) is 4.40. The van der Waals surface area contributed by atoms with E-state index in [9.17, 15) is 0 Å². The lowest BCUT2D eigenvalue weighted by atomic mass is 10.0. The van der Waals surface area contributed by atoms with Gasteiger partial charge >= 0.3 is 0 Å². The van der Waals surface area contributed by atoms with E-state index in [2.05, 4.69) is 17.0 Å². The van der Waals surface area contributed by atoms with Crippen molar-refractivity contribution in [2.75, 3.05) is 32.8 Å². The summed E-state index contributed by atoms with van der Waals surface area (Å²) in [4.78, 5) is 2.37. The van der Waals surface area contributed by atoms with Crippen molar-refractivity contribution in [2.45, 2.75) is 13.0 Å². The highest BCUT2D eigenvalue weighted by Gasteiger charge is 2.21. The van der Waals surface area contributed by atoms with Gasteiger partial charge in [-0.2, -0.15) is 0 Å². The molecule has 1 aromatic rings. The molecule has 1 aromatic carbocycles. The van der Waals surface area contributed by atoms with Crippen LogP contribution in [0.4, 0.5) is 0 Å². The molecule has 3 nitrogen and oxygen atoms in total. The van der Waals surface area contributed by atoms with Gasteiger partial charge < -0.3 is 10.5 Å². The SMILES string of the molecule is Cc1ccc(C(CN)N2CCOCC2)cc1Cl. The number of aryl methyl sites for hydroxylation is 1. The standard InChI is InChI=1S/C13H19ClN2O/c1-10-2-3-11(8-12(10)14)13(9-15)16-4-6-17-7-5-16/h2-3,8,13H,4-7,9,15H2,1H3. The molecule has 0 amide bonds. The monoisotopic (exact) mass is 254 g/mol. The number of nitrogens with zero attached hydrogens (tertiary/aromatic N) is 1. The summed E-state index contributed by atoms with van der Waals surface area (Å²) in [6.07, 6.45) is 0. The van der Waals surface area contributed by atoms with Crippen LogP contribution < -0.4 is 5.73 Å². The summed E-state index contributed by atoms with van der Waals surface area (Å²) in [6.45, 7) is 6.07. The maximum absolute atomic E-state index is 6.17. The Hall–Kier alpha value is -0.610. The lowest BCUT2D eigenvalue weighted by Crippen LogP contribution is -2.41. The number of benzene rings is 1. The molecule has 0 bridgehead atoms. The Morgan fingerprint density at radius 3 is 2.71 bits per heavy atom. The largest absolute Gasteiger partial charge is 0.379 e. The molecule has 1 saturated heterocycles. The zero-order chi connectivity index (χ0) is 12.3. The first kappa shape index (κ1) is 12.8. The number of hydrogen-bond donors (Lipinski definition) is 1. The normalized spacial score (nSPS) is 19.2. The molecule has 1 aliphatic rings. The molecule has 0 aliphatic carbocycles. The highest BCUT2D eigenvalue weighted by Crippen LogP contribution is 2.25. The van der Waals surface area contributed by atoms with Crippen molar-refractivity contribution in [3.63, 3.8) is 0 Å². The van der Waals surface area contributed by atoms with Crippen molar-refractivity contribution in [1.29, 1.82) is 0 Å². The van der Waals surface area contributed by atoms with Gasteiger partial charge in [0, 0.05) is 30.7 Å².